The number of aromatic nitrogens is 2. The summed E-state index contributed by atoms with van der Waals surface area (Å²) in [6, 6.07) is -0.130. The fourth-order valence-corrected chi connectivity index (χ4v) is 4.55. The maximum absolute atomic E-state index is 12.4. The summed E-state index contributed by atoms with van der Waals surface area (Å²) < 4.78 is 1.89. The first-order valence-corrected chi connectivity index (χ1v) is 9.10. The van der Waals surface area contributed by atoms with Crippen molar-refractivity contribution in [3.8, 4) is 0 Å². The highest BCUT2D eigenvalue weighted by Crippen LogP contribution is 2.48. The number of nitrogens with zero attached hydrogens (tertiary/aromatic N) is 3. The lowest BCUT2D eigenvalue weighted by Crippen LogP contribution is -2.42. The van der Waals surface area contributed by atoms with Crippen molar-refractivity contribution >= 4 is 12.0 Å². The predicted octanol–water partition coefficient (Wildman–Crippen LogP) is 1.87. The van der Waals surface area contributed by atoms with Gasteiger partial charge < -0.3 is 15.3 Å². The van der Waals surface area contributed by atoms with Crippen LogP contribution in [0.5, 0.6) is 0 Å². The fourth-order valence-electron chi connectivity index (χ4n) is 4.55. The van der Waals surface area contributed by atoms with Crippen molar-refractivity contribution in [2.75, 3.05) is 19.6 Å². The number of hydrogen-bond acceptors (Lipinski definition) is 3. The lowest BCUT2D eigenvalue weighted by molar-refractivity contribution is -0.149. The molecule has 1 saturated carbocycles. The summed E-state index contributed by atoms with van der Waals surface area (Å²) in [7, 11) is 1.94. The number of amides is 2. The lowest BCUT2D eigenvalue weighted by Gasteiger charge is -2.23. The molecule has 0 radical (unpaired) electrons. The molecule has 7 heteroatoms. The number of rotatable bonds is 5. The Morgan fingerprint density at radius 1 is 1.40 bits per heavy atom. The number of carboxylic acid groups (broad SMARTS) is 1. The molecule has 2 amide bonds. The molecule has 138 valence electrons. The van der Waals surface area contributed by atoms with Crippen LogP contribution in [0.4, 0.5) is 4.79 Å². The minimum absolute atomic E-state index is 0.108. The molecule has 2 atom stereocenters. The summed E-state index contributed by atoms with van der Waals surface area (Å²) in [6.45, 7) is 5.57. The Labute approximate surface area is 148 Å². The average Bonchev–Trinajstić information content (AvgIpc) is 3.17. The molecule has 2 N–H and O–H groups in total. The van der Waals surface area contributed by atoms with E-state index in [0.717, 1.165) is 31.4 Å². The molecule has 1 aliphatic heterocycles. The molecule has 7 nitrogen and oxygen atoms in total. The van der Waals surface area contributed by atoms with E-state index in [9.17, 15) is 14.7 Å². The zero-order valence-corrected chi connectivity index (χ0v) is 15.3. The van der Waals surface area contributed by atoms with Gasteiger partial charge in [-0.25, -0.2) is 4.79 Å². The second-order valence-electron chi connectivity index (χ2n) is 7.54. The number of hydrogen-bond donors (Lipinski definition) is 2. The van der Waals surface area contributed by atoms with Gasteiger partial charge in [0.25, 0.3) is 0 Å². The van der Waals surface area contributed by atoms with Gasteiger partial charge >= 0.3 is 12.0 Å². The molecule has 0 spiro atoms. The number of urea groups is 1. The van der Waals surface area contributed by atoms with E-state index in [2.05, 4.69) is 17.3 Å². The number of likely N-dealkylation sites (tertiary alicyclic amines) is 1. The summed E-state index contributed by atoms with van der Waals surface area (Å²) in [6.07, 6.45) is 4.29. The van der Waals surface area contributed by atoms with E-state index in [1.165, 1.54) is 11.3 Å². The monoisotopic (exact) mass is 348 g/mol. The van der Waals surface area contributed by atoms with Gasteiger partial charge in [0.2, 0.25) is 0 Å². The number of aliphatic carboxylic acids is 1. The number of fused-ring (bicyclic) bond motifs is 1. The van der Waals surface area contributed by atoms with Crippen LogP contribution in [0.15, 0.2) is 0 Å². The molecular weight excluding hydrogens is 320 g/mol. The third-order valence-corrected chi connectivity index (χ3v) is 6.12. The number of carboxylic acids is 1. The van der Waals surface area contributed by atoms with E-state index >= 15 is 0 Å². The molecule has 0 unspecified atom stereocenters. The second-order valence-corrected chi connectivity index (χ2v) is 7.54. The first kappa shape index (κ1) is 17.8. The van der Waals surface area contributed by atoms with Crippen molar-refractivity contribution in [3.05, 3.63) is 17.0 Å². The maximum atomic E-state index is 12.4. The zero-order valence-electron chi connectivity index (χ0n) is 15.3. The minimum Gasteiger partial charge on any atom is -0.481 e. The van der Waals surface area contributed by atoms with Crippen LogP contribution in [0.1, 0.15) is 42.6 Å². The minimum atomic E-state index is -0.743. The average molecular weight is 348 g/mol. The summed E-state index contributed by atoms with van der Waals surface area (Å²) in [5.41, 5.74) is 2.75. The van der Waals surface area contributed by atoms with Crippen LogP contribution in [0.25, 0.3) is 0 Å². The highest BCUT2D eigenvalue weighted by molar-refractivity contribution is 5.80. The van der Waals surface area contributed by atoms with E-state index < -0.39 is 11.4 Å². The smallest absolute Gasteiger partial charge is 0.317 e. The molecule has 25 heavy (non-hydrogen) atoms. The Bertz CT molecular complexity index is 684. The van der Waals surface area contributed by atoms with Crippen LogP contribution in [0, 0.1) is 25.2 Å². The SMILES string of the molecule is Cc1nn(C)c(C)c1CCCNC(=O)N1C[C@@H]2CCC[C@@]2(C(=O)O)C1. The maximum Gasteiger partial charge on any atom is 0.317 e. The molecule has 1 aliphatic carbocycles. The predicted molar refractivity (Wildman–Crippen MR) is 93.4 cm³/mol. The number of carbonyl (C=O) groups excluding carboxylic acids is 1. The highest BCUT2D eigenvalue weighted by Gasteiger charge is 2.55. The number of carbonyl (C=O) groups is 2. The van der Waals surface area contributed by atoms with Crippen molar-refractivity contribution < 1.29 is 14.7 Å². The first-order chi connectivity index (χ1) is 11.8. The molecule has 3 rings (SSSR count). The molecule has 2 heterocycles. The number of nitrogens with one attached hydrogen (secondary N) is 1. The Morgan fingerprint density at radius 3 is 2.76 bits per heavy atom. The van der Waals surface area contributed by atoms with E-state index in [4.69, 9.17) is 0 Å². The normalized spacial score (nSPS) is 25.2. The standard InChI is InChI=1S/C18H28N4O3/c1-12-15(13(2)21(3)20-12)7-5-9-19-17(25)22-10-14-6-4-8-18(14,11-22)16(23)24/h14H,4-11H2,1-3H3,(H,19,25)(H,23,24)/t14-,18+/m0/s1. The summed E-state index contributed by atoms with van der Waals surface area (Å²) in [5, 5.41) is 17.0. The van der Waals surface area contributed by atoms with Crippen LogP contribution in [-0.2, 0) is 18.3 Å². The van der Waals surface area contributed by atoms with Crippen molar-refractivity contribution in [2.45, 2.75) is 46.0 Å². The van der Waals surface area contributed by atoms with Gasteiger partial charge in [-0.3, -0.25) is 9.48 Å². The van der Waals surface area contributed by atoms with Crippen molar-refractivity contribution in [1.82, 2.24) is 20.0 Å². The van der Waals surface area contributed by atoms with Gasteiger partial charge in [-0.2, -0.15) is 5.10 Å². The topological polar surface area (TPSA) is 87.5 Å². The van der Waals surface area contributed by atoms with Gasteiger partial charge in [-0.15, -0.1) is 0 Å². The van der Waals surface area contributed by atoms with Crippen LogP contribution < -0.4 is 5.32 Å². The van der Waals surface area contributed by atoms with Gasteiger partial charge in [-0.1, -0.05) is 6.42 Å². The zero-order chi connectivity index (χ0) is 18.2. The Morgan fingerprint density at radius 2 is 2.16 bits per heavy atom. The van der Waals surface area contributed by atoms with Crippen LogP contribution in [0.3, 0.4) is 0 Å². The van der Waals surface area contributed by atoms with E-state index in [1.807, 2.05) is 18.7 Å². The molecule has 1 saturated heterocycles. The van der Waals surface area contributed by atoms with E-state index in [0.29, 0.717) is 26.1 Å². The van der Waals surface area contributed by atoms with E-state index in [-0.39, 0.29) is 11.9 Å². The van der Waals surface area contributed by atoms with Crippen molar-refractivity contribution in [1.29, 1.82) is 0 Å². The Balaban J connectivity index is 1.48. The summed E-state index contributed by atoms with van der Waals surface area (Å²) >= 11 is 0. The molecule has 0 bridgehead atoms. The molecule has 1 aromatic rings. The van der Waals surface area contributed by atoms with Crippen LogP contribution in [0.2, 0.25) is 0 Å². The lowest BCUT2D eigenvalue weighted by atomic mass is 9.81. The van der Waals surface area contributed by atoms with Crippen LogP contribution in [-0.4, -0.2) is 51.4 Å². The quantitative estimate of drug-likeness (QED) is 0.795. The van der Waals surface area contributed by atoms with Crippen molar-refractivity contribution in [2.24, 2.45) is 18.4 Å². The summed E-state index contributed by atoms with van der Waals surface area (Å²) in [4.78, 5) is 25.8. The van der Waals surface area contributed by atoms with Crippen LogP contribution >= 0.6 is 0 Å². The molecule has 1 aromatic heterocycles. The third kappa shape index (κ3) is 3.12. The molecular formula is C18H28N4O3. The Hall–Kier alpha value is -2.05. The van der Waals surface area contributed by atoms with E-state index in [1.54, 1.807) is 4.90 Å². The van der Waals surface area contributed by atoms with Gasteiger partial charge in [0.15, 0.2) is 0 Å². The first-order valence-electron chi connectivity index (χ1n) is 9.10. The second kappa shape index (κ2) is 6.69. The highest BCUT2D eigenvalue weighted by atomic mass is 16.4. The molecule has 2 fully saturated rings. The number of aryl methyl sites for hydroxylation is 2. The largest absolute Gasteiger partial charge is 0.481 e. The van der Waals surface area contributed by atoms with Gasteiger partial charge in [-0.05, 0) is 51.0 Å². The van der Waals surface area contributed by atoms with Crippen molar-refractivity contribution in [3.63, 3.8) is 0 Å². The van der Waals surface area contributed by atoms with Gasteiger partial charge in [0, 0.05) is 32.4 Å². The van der Waals surface area contributed by atoms with Gasteiger partial charge in [0.05, 0.1) is 11.1 Å². The summed E-state index contributed by atoms with van der Waals surface area (Å²) in [5.74, 6) is -0.635. The Kier molecular flexibility index (Phi) is 4.75. The molecule has 2 aliphatic rings. The third-order valence-electron chi connectivity index (χ3n) is 6.12. The fraction of sp³-hybridized carbons (Fsp3) is 0.722. The van der Waals surface area contributed by atoms with Gasteiger partial charge in [0.1, 0.15) is 0 Å². The molecule has 0 aromatic carbocycles.